The summed E-state index contributed by atoms with van der Waals surface area (Å²) < 4.78 is 40.6. The highest BCUT2D eigenvalue weighted by Crippen LogP contribution is 2.28. The maximum Gasteiger partial charge on any atom is 0.513 e. The van der Waals surface area contributed by atoms with Crippen molar-refractivity contribution in [2.24, 2.45) is 5.10 Å². The number of nitrogens with zero attached hydrogens (tertiary/aromatic N) is 2. The van der Waals surface area contributed by atoms with Crippen molar-refractivity contribution in [1.29, 1.82) is 0 Å². The van der Waals surface area contributed by atoms with Crippen LogP contribution in [0, 0.1) is 0 Å². The van der Waals surface area contributed by atoms with E-state index in [9.17, 15) is 18.0 Å². The van der Waals surface area contributed by atoms with Gasteiger partial charge in [-0.1, -0.05) is 30.3 Å². The van der Waals surface area contributed by atoms with Crippen molar-refractivity contribution in [3.63, 3.8) is 0 Å². The lowest BCUT2D eigenvalue weighted by atomic mass is 10.2. The molecule has 0 radical (unpaired) electrons. The van der Waals surface area contributed by atoms with Crippen molar-refractivity contribution < 1.29 is 32.2 Å². The average molecular weight is 512 g/mol. The Morgan fingerprint density at radius 3 is 2.28 bits per heavy atom. The zero-order valence-corrected chi connectivity index (χ0v) is 20.7. The largest absolute Gasteiger partial charge is 0.513 e. The molecule has 36 heavy (non-hydrogen) atoms. The molecule has 10 nitrogen and oxygen atoms in total. The molecule has 0 spiro atoms. The molecule has 0 heterocycles. The zero-order valence-electron chi connectivity index (χ0n) is 19.9. The first-order valence-electron chi connectivity index (χ1n) is 10.6. The van der Waals surface area contributed by atoms with Crippen LogP contribution in [0.3, 0.4) is 0 Å². The van der Waals surface area contributed by atoms with Crippen LogP contribution in [-0.4, -0.2) is 47.2 Å². The Balaban J connectivity index is 1.67. The van der Waals surface area contributed by atoms with E-state index < -0.39 is 22.1 Å². The minimum Gasteiger partial charge on any atom is -0.493 e. The van der Waals surface area contributed by atoms with Crippen molar-refractivity contribution in [3.8, 4) is 11.5 Å². The van der Waals surface area contributed by atoms with Gasteiger partial charge in [0.15, 0.2) is 11.5 Å². The van der Waals surface area contributed by atoms with Gasteiger partial charge in [-0.15, -0.1) is 0 Å². The molecule has 0 aromatic heterocycles. The topological polar surface area (TPSA) is 124 Å². The van der Waals surface area contributed by atoms with Gasteiger partial charge in [0.05, 0.1) is 38.9 Å². The number of benzene rings is 3. The third-order valence-corrected chi connectivity index (χ3v) is 6.05. The minimum absolute atomic E-state index is 0.168. The number of anilines is 1. The monoisotopic (exact) mass is 511 g/mol. The van der Waals surface area contributed by atoms with Crippen LogP contribution < -0.4 is 19.2 Å². The van der Waals surface area contributed by atoms with Gasteiger partial charge < -0.3 is 14.2 Å². The molecule has 0 aliphatic carbocycles. The van der Waals surface area contributed by atoms with E-state index in [2.05, 4.69) is 15.3 Å². The van der Waals surface area contributed by atoms with Crippen LogP contribution in [-0.2, 0) is 21.3 Å². The molecular weight excluding hydrogens is 486 g/mol. The van der Waals surface area contributed by atoms with Gasteiger partial charge in [-0.05, 0) is 53.6 Å². The Morgan fingerprint density at radius 2 is 1.67 bits per heavy atom. The quantitative estimate of drug-likeness (QED) is 0.202. The maximum atomic E-state index is 12.5. The van der Waals surface area contributed by atoms with Crippen LogP contribution in [0.4, 0.5) is 10.5 Å². The number of ether oxygens (including phenoxy) is 3. The number of carbonyl (C=O) groups is 2. The van der Waals surface area contributed by atoms with Crippen molar-refractivity contribution in [2.75, 3.05) is 24.8 Å². The fourth-order valence-corrected chi connectivity index (χ4v) is 4.03. The van der Waals surface area contributed by atoms with Crippen LogP contribution in [0.2, 0.25) is 0 Å². The second kappa shape index (κ2) is 11.8. The Hall–Kier alpha value is -4.38. The summed E-state index contributed by atoms with van der Waals surface area (Å²) in [6.07, 6.45) is 1.64. The molecule has 1 N–H and O–H groups in total. The summed E-state index contributed by atoms with van der Waals surface area (Å²) in [6.45, 7) is 0.169. The lowest BCUT2D eigenvalue weighted by Gasteiger charge is -2.22. The number of methoxy groups -OCH3 is 2. The number of hydrogen-bond acceptors (Lipinski definition) is 8. The molecule has 3 aromatic rings. The number of carbonyl (C=O) groups excluding carboxylic acids is 2. The van der Waals surface area contributed by atoms with E-state index >= 15 is 0 Å². The third-order valence-electron chi connectivity index (χ3n) is 4.91. The van der Waals surface area contributed by atoms with E-state index in [-0.39, 0.29) is 18.0 Å². The standard InChI is InChI=1S/C25H25N3O7S/c1-33-23-15-19(9-14-22(23)35-25(30)34-2)16-26-27-24(29)20-10-12-21(13-11-20)28(36(3,31)32)17-18-7-5-4-6-8-18/h4-16H,17H2,1-3H3,(H,27,29). The molecule has 0 bridgehead atoms. The maximum absolute atomic E-state index is 12.5. The van der Waals surface area contributed by atoms with Crippen molar-refractivity contribution in [1.82, 2.24) is 5.43 Å². The van der Waals surface area contributed by atoms with E-state index in [0.717, 1.165) is 11.8 Å². The molecule has 188 valence electrons. The number of hydrazone groups is 1. The normalized spacial score (nSPS) is 11.1. The average Bonchev–Trinajstić information content (AvgIpc) is 2.88. The predicted octanol–water partition coefficient (Wildman–Crippen LogP) is 3.57. The SMILES string of the molecule is COC(=O)Oc1ccc(C=NNC(=O)c2ccc(N(Cc3ccccc3)S(C)(=O)=O)cc2)cc1OC. The number of sulfonamides is 1. The first-order chi connectivity index (χ1) is 17.2. The Bertz CT molecular complexity index is 1340. The molecule has 0 saturated heterocycles. The highest BCUT2D eigenvalue weighted by molar-refractivity contribution is 7.92. The molecule has 3 rings (SSSR count). The van der Waals surface area contributed by atoms with Gasteiger partial charge in [0, 0.05) is 5.56 Å². The zero-order chi connectivity index (χ0) is 26.1. The van der Waals surface area contributed by atoms with Gasteiger partial charge in [0.25, 0.3) is 5.91 Å². The van der Waals surface area contributed by atoms with E-state index in [0.29, 0.717) is 16.8 Å². The van der Waals surface area contributed by atoms with E-state index in [4.69, 9.17) is 9.47 Å². The molecule has 0 saturated carbocycles. The summed E-state index contributed by atoms with van der Waals surface area (Å²) in [4.78, 5) is 23.8. The lowest BCUT2D eigenvalue weighted by Crippen LogP contribution is -2.29. The highest BCUT2D eigenvalue weighted by atomic mass is 32.2. The molecule has 0 unspecified atom stereocenters. The van der Waals surface area contributed by atoms with Crippen LogP contribution in [0.1, 0.15) is 21.5 Å². The molecular formula is C25H25N3O7S. The highest BCUT2D eigenvalue weighted by Gasteiger charge is 2.18. The molecule has 0 fully saturated rings. The lowest BCUT2D eigenvalue weighted by molar-refractivity contribution is 0.0955. The van der Waals surface area contributed by atoms with Gasteiger partial charge in [0.2, 0.25) is 10.0 Å². The summed E-state index contributed by atoms with van der Waals surface area (Å²) in [7, 11) is -0.941. The molecule has 3 aromatic carbocycles. The van der Waals surface area contributed by atoms with E-state index in [1.807, 2.05) is 30.3 Å². The van der Waals surface area contributed by atoms with Gasteiger partial charge in [-0.25, -0.2) is 18.6 Å². The van der Waals surface area contributed by atoms with E-state index in [1.54, 1.807) is 24.3 Å². The smallest absolute Gasteiger partial charge is 0.493 e. The first-order valence-corrected chi connectivity index (χ1v) is 12.4. The Kier molecular flexibility index (Phi) is 8.63. The van der Waals surface area contributed by atoms with E-state index in [1.165, 1.54) is 42.9 Å². The van der Waals surface area contributed by atoms with Gasteiger partial charge in [-0.3, -0.25) is 9.10 Å². The first kappa shape index (κ1) is 26.2. The third kappa shape index (κ3) is 7.06. The second-order valence-electron chi connectivity index (χ2n) is 7.47. The van der Waals surface area contributed by atoms with Gasteiger partial charge >= 0.3 is 6.16 Å². The molecule has 0 aliphatic rings. The van der Waals surface area contributed by atoms with Crippen LogP contribution in [0.5, 0.6) is 11.5 Å². The number of nitrogens with one attached hydrogen (secondary N) is 1. The fraction of sp³-hybridized carbons (Fsp3) is 0.160. The van der Waals surface area contributed by atoms with Gasteiger partial charge in [0.1, 0.15) is 0 Å². The summed E-state index contributed by atoms with van der Waals surface area (Å²) in [6, 6.07) is 20.1. The summed E-state index contributed by atoms with van der Waals surface area (Å²) in [5.41, 5.74) is 4.55. The van der Waals surface area contributed by atoms with Gasteiger partial charge in [-0.2, -0.15) is 5.10 Å². The fourth-order valence-electron chi connectivity index (χ4n) is 3.14. The Morgan fingerprint density at radius 1 is 0.972 bits per heavy atom. The summed E-state index contributed by atoms with van der Waals surface area (Å²) in [5, 5.41) is 3.93. The summed E-state index contributed by atoms with van der Waals surface area (Å²) >= 11 is 0. The number of amides is 1. The number of rotatable bonds is 9. The van der Waals surface area contributed by atoms with Crippen LogP contribution in [0.25, 0.3) is 0 Å². The molecule has 11 heteroatoms. The van der Waals surface area contributed by atoms with Crippen LogP contribution >= 0.6 is 0 Å². The molecule has 0 atom stereocenters. The molecule has 0 aliphatic heterocycles. The van der Waals surface area contributed by atoms with Crippen molar-refractivity contribution in [2.45, 2.75) is 6.54 Å². The van der Waals surface area contributed by atoms with Crippen LogP contribution in [0.15, 0.2) is 77.9 Å². The summed E-state index contributed by atoms with van der Waals surface area (Å²) in [5.74, 6) is -0.0393. The van der Waals surface area contributed by atoms with Crippen molar-refractivity contribution in [3.05, 3.63) is 89.5 Å². The van der Waals surface area contributed by atoms with Crippen molar-refractivity contribution >= 4 is 34.0 Å². The predicted molar refractivity (Wildman–Crippen MR) is 135 cm³/mol. The minimum atomic E-state index is -3.55. The second-order valence-corrected chi connectivity index (χ2v) is 9.37. The Labute approximate surface area is 209 Å². The molecule has 1 amide bonds. The number of hydrogen-bond donors (Lipinski definition) is 1.